The van der Waals surface area contributed by atoms with Gasteiger partial charge in [0.25, 0.3) is 0 Å². The summed E-state index contributed by atoms with van der Waals surface area (Å²) in [4.78, 5) is 22.1. The van der Waals surface area contributed by atoms with E-state index in [1.54, 1.807) is 6.92 Å². The highest BCUT2D eigenvalue weighted by atomic mass is 32.2. The lowest BCUT2D eigenvalue weighted by atomic mass is 10.2. The molecule has 0 spiro atoms. The Hall–Kier alpha value is -1.29. The third kappa shape index (κ3) is 4.49. The SMILES string of the molecule is C[C@H](CSC(=O)Cc1ccccc1)C(=O)O. The second kappa shape index (κ2) is 6.33. The minimum atomic E-state index is -0.861. The molecule has 1 rings (SSSR count). The summed E-state index contributed by atoms with van der Waals surface area (Å²) in [5, 5.41) is 8.67. The molecule has 0 radical (unpaired) electrons. The molecule has 3 nitrogen and oxygen atoms in total. The van der Waals surface area contributed by atoms with Gasteiger partial charge in [0.2, 0.25) is 0 Å². The van der Waals surface area contributed by atoms with Crippen LogP contribution in [0.15, 0.2) is 30.3 Å². The van der Waals surface area contributed by atoms with E-state index in [1.807, 2.05) is 30.3 Å². The largest absolute Gasteiger partial charge is 0.481 e. The second-order valence-corrected chi connectivity index (χ2v) is 4.66. The van der Waals surface area contributed by atoms with Crippen molar-refractivity contribution in [3.05, 3.63) is 35.9 Å². The van der Waals surface area contributed by atoms with E-state index in [9.17, 15) is 9.59 Å². The molecule has 1 aromatic carbocycles. The maximum absolute atomic E-state index is 11.5. The topological polar surface area (TPSA) is 54.4 Å². The van der Waals surface area contributed by atoms with Crippen LogP contribution in [0, 0.1) is 5.92 Å². The number of aliphatic carboxylic acids is 1. The fourth-order valence-electron chi connectivity index (χ4n) is 1.10. The Balaban J connectivity index is 2.35. The van der Waals surface area contributed by atoms with Gasteiger partial charge in [0.05, 0.1) is 5.92 Å². The fraction of sp³-hybridized carbons (Fsp3) is 0.333. The summed E-state index contributed by atoms with van der Waals surface area (Å²) in [7, 11) is 0. The first-order chi connectivity index (χ1) is 7.59. The van der Waals surface area contributed by atoms with Gasteiger partial charge in [0.1, 0.15) is 0 Å². The fourth-order valence-corrected chi connectivity index (χ4v) is 1.95. The molecule has 0 saturated heterocycles. The number of benzene rings is 1. The van der Waals surface area contributed by atoms with E-state index in [4.69, 9.17) is 5.11 Å². The Kier molecular flexibility index (Phi) is 5.05. The molecule has 0 aliphatic carbocycles. The maximum atomic E-state index is 11.5. The Morgan fingerprint density at radius 2 is 1.94 bits per heavy atom. The molecule has 0 fully saturated rings. The molecule has 0 unspecified atom stereocenters. The zero-order chi connectivity index (χ0) is 12.0. The van der Waals surface area contributed by atoms with Gasteiger partial charge in [-0.15, -0.1) is 0 Å². The first-order valence-corrected chi connectivity index (χ1v) is 6.00. The average molecular weight is 238 g/mol. The van der Waals surface area contributed by atoms with Crippen molar-refractivity contribution in [2.75, 3.05) is 5.75 Å². The van der Waals surface area contributed by atoms with Crippen molar-refractivity contribution < 1.29 is 14.7 Å². The van der Waals surface area contributed by atoms with Gasteiger partial charge in [-0.05, 0) is 5.56 Å². The van der Waals surface area contributed by atoms with Crippen molar-refractivity contribution in [1.82, 2.24) is 0 Å². The van der Waals surface area contributed by atoms with Crippen molar-refractivity contribution in [2.24, 2.45) is 5.92 Å². The van der Waals surface area contributed by atoms with Gasteiger partial charge >= 0.3 is 5.97 Å². The molecule has 1 N–H and O–H groups in total. The molecular weight excluding hydrogens is 224 g/mol. The molecule has 0 bridgehead atoms. The molecule has 4 heteroatoms. The Bertz CT molecular complexity index is 362. The zero-order valence-electron chi connectivity index (χ0n) is 9.05. The van der Waals surface area contributed by atoms with Crippen molar-refractivity contribution in [3.63, 3.8) is 0 Å². The molecule has 0 saturated carbocycles. The lowest BCUT2D eigenvalue weighted by Gasteiger charge is -2.04. The van der Waals surface area contributed by atoms with E-state index in [0.717, 1.165) is 17.3 Å². The van der Waals surface area contributed by atoms with Crippen LogP contribution in [0.1, 0.15) is 12.5 Å². The quantitative estimate of drug-likeness (QED) is 0.854. The number of carboxylic acids is 1. The predicted molar refractivity (Wildman–Crippen MR) is 64.4 cm³/mol. The number of hydrogen-bond acceptors (Lipinski definition) is 3. The van der Waals surface area contributed by atoms with Gasteiger partial charge in [-0.3, -0.25) is 9.59 Å². The smallest absolute Gasteiger partial charge is 0.307 e. The summed E-state index contributed by atoms with van der Waals surface area (Å²) >= 11 is 1.09. The van der Waals surface area contributed by atoms with Crippen LogP contribution < -0.4 is 0 Å². The maximum Gasteiger partial charge on any atom is 0.307 e. The number of thioether (sulfide) groups is 1. The summed E-state index contributed by atoms with van der Waals surface area (Å²) in [6.45, 7) is 1.60. The lowest BCUT2D eigenvalue weighted by molar-refractivity contribution is -0.140. The van der Waals surface area contributed by atoms with Gasteiger partial charge in [-0.2, -0.15) is 0 Å². The van der Waals surface area contributed by atoms with Crippen molar-refractivity contribution >= 4 is 22.8 Å². The highest BCUT2D eigenvalue weighted by Crippen LogP contribution is 2.13. The highest BCUT2D eigenvalue weighted by Gasteiger charge is 2.13. The molecule has 0 aliphatic rings. The Morgan fingerprint density at radius 3 is 2.50 bits per heavy atom. The summed E-state index contributed by atoms with van der Waals surface area (Å²) in [6, 6.07) is 9.44. The predicted octanol–water partition coefficient (Wildman–Crippen LogP) is 2.21. The first-order valence-electron chi connectivity index (χ1n) is 5.02. The number of carboxylic acid groups (broad SMARTS) is 1. The third-order valence-corrected chi connectivity index (χ3v) is 3.24. The van der Waals surface area contributed by atoms with Crippen LogP contribution in [0.4, 0.5) is 0 Å². The van der Waals surface area contributed by atoms with Gasteiger partial charge < -0.3 is 5.11 Å². The lowest BCUT2D eigenvalue weighted by Crippen LogP contribution is -2.13. The summed E-state index contributed by atoms with van der Waals surface area (Å²) in [5.41, 5.74) is 0.961. The first kappa shape index (κ1) is 12.8. The van der Waals surface area contributed by atoms with Gasteiger partial charge in [0.15, 0.2) is 5.12 Å². The second-order valence-electron chi connectivity index (χ2n) is 3.58. The molecule has 0 amide bonds. The van der Waals surface area contributed by atoms with Gasteiger partial charge in [-0.1, -0.05) is 49.0 Å². The molecule has 16 heavy (non-hydrogen) atoms. The summed E-state index contributed by atoms with van der Waals surface area (Å²) < 4.78 is 0. The molecule has 0 heterocycles. The minimum absolute atomic E-state index is 0.0132. The van der Waals surface area contributed by atoms with E-state index in [0.29, 0.717) is 12.2 Å². The molecular formula is C12H14O3S. The molecule has 86 valence electrons. The van der Waals surface area contributed by atoms with E-state index in [2.05, 4.69) is 0 Å². The van der Waals surface area contributed by atoms with Gasteiger partial charge in [-0.25, -0.2) is 0 Å². The summed E-state index contributed by atoms with van der Waals surface area (Å²) in [6.07, 6.45) is 0.359. The average Bonchev–Trinajstić information content (AvgIpc) is 2.27. The van der Waals surface area contributed by atoms with Crippen LogP contribution in [0.2, 0.25) is 0 Å². The van der Waals surface area contributed by atoms with Crippen molar-refractivity contribution in [1.29, 1.82) is 0 Å². The van der Waals surface area contributed by atoms with Crippen LogP contribution in [0.25, 0.3) is 0 Å². The number of carbonyl (C=O) groups is 2. The van der Waals surface area contributed by atoms with E-state index in [-0.39, 0.29) is 5.12 Å². The minimum Gasteiger partial charge on any atom is -0.481 e. The van der Waals surface area contributed by atoms with Crippen molar-refractivity contribution in [3.8, 4) is 0 Å². The van der Waals surface area contributed by atoms with Crippen LogP contribution in [-0.2, 0) is 16.0 Å². The standard InChI is InChI=1S/C12H14O3S/c1-9(12(14)15)8-16-11(13)7-10-5-3-2-4-6-10/h2-6,9H,7-8H2,1H3,(H,14,15)/t9-/m1/s1. The number of rotatable bonds is 5. The van der Waals surface area contributed by atoms with Crippen LogP contribution in [0.3, 0.4) is 0 Å². The third-order valence-electron chi connectivity index (χ3n) is 2.11. The Morgan fingerprint density at radius 1 is 1.31 bits per heavy atom. The number of hydrogen-bond donors (Lipinski definition) is 1. The Labute approximate surface area is 98.9 Å². The van der Waals surface area contributed by atoms with Crippen LogP contribution in [-0.4, -0.2) is 21.9 Å². The highest BCUT2D eigenvalue weighted by molar-refractivity contribution is 8.13. The molecule has 0 aromatic heterocycles. The van der Waals surface area contributed by atoms with E-state index < -0.39 is 11.9 Å². The molecule has 1 aromatic rings. The molecule has 1 atom stereocenters. The van der Waals surface area contributed by atoms with E-state index in [1.165, 1.54) is 0 Å². The summed E-state index contributed by atoms with van der Waals surface area (Å²) in [5.74, 6) is -1.01. The van der Waals surface area contributed by atoms with Crippen LogP contribution in [0.5, 0.6) is 0 Å². The van der Waals surface area contributed by atoms with E-state index >= 15 is 0 Å². The zero-order valence-corrected chi connectivity index (χ0v) is 9.87. The molecule has 0 aliphatic heterocycles. The monoisotopic (exact) mass is 238 g/mol. The number of carbonyl (C=O) groups excluding carboxylic acids is 1. The van der Waals surface area contributed by atoms with Gasteiger partial charge in [0, 0.05) is 12.2 Å². The van der Waals surface area contributed by atoms with Crippen LogP contribution >= 0.6 is 11.8 Å². The normalized spacial score (nSPS) is 12.1. The van der Waals surface area contributed by atoms with Crippen molar-refractivity contribution in [2.45, 2.75) is 13.3 Å².